The molecule has 0 amide bonds. The highest BCUT2D eigenvalue weighted by Gasteiger charge is 2.02. The summed E-state index contributed by atoms with van der Waals surface area (Å²) in [6.45, 7) is 0.649. The molecule has 15 heavy (non-hydrogen) atoms. The van der Waals surface area contributed by atoms with Crippen molar-refractivity contribution in [3.63, 3.8) is 0 Å². The van der Waals surface area contributed by atoms with Gasteiger partial charge < -0.3 is 9.84 Å². The van der Waals surface area contributed by atoms with E-state index in [-0.39, 0.29) is 6.61 Å². The van der Waals surface area contributed by atoms with E-state index >= 15 is 0 Å². The summed E-state index contributed by atoms with van der Waals surface area (Å²) in [4.78, 5) is 0. The summed E-state index contributed by atoms with van der Waals surface area (Å²) in [6, 6.07) is 12.1. The summed E-state index contributed by atoms with van der Waals surface area (Å²) in [5.74, 6) is 0. The number of rotatable bonds is 3. The van der Waals surface area contributed by atoms with Crippen molar-refractivity contribution in [1.82, 2.24) is 0 Å². The zero-order chi connectivity index (χ0) is 10.7. The van der Waals surface area contributed by atoms with Crippen molar-refractivity contribution < 1.29 is 9.84 Å². The van der Waals surface area contributed by atoms with Crippen LogP contribution in [0, 0.1) is 0 Å². The molecule has 0 aliphatic rings. The average molecular weight is 202 g/mol. The third kappa shape index (κ3) is 2.01. The maximum atomic E-state index is 9.29. The monoisotopic (exact) mass is 202 g/mol. The topological polar surface area (TPSA) is 29.5 Å². The van der Waals surface area contributed by atoms with E-state index in [4.69, 9.17) is 4.74 Å². The van der Waals surface area contributed by atoms with Crippen molar-refractivity contribution in [2.24, 2.45) is 0 Å². The van der Waals surface area contributed by atoms with Crippen molar-refractivity contribution in [1.29, 1.82) is 0 Å². The van der Waals surface area contributed by atoms with Gasteiger partial charge in [-0.15, -0.1) is 0 Å². The lowest BCUT2D eigenvalue weighted by atomic mass is 10.0. The molecule has 0 aliphatic carbocycles. The van der Waals surface area contributed by atoms with Crippen LogP contribution in [-0.2, 0) is 18.0 Å². The fourth-order valence-corrected chi connectivity index (χ4v) is 1.84. The molecule has 0 aliphatic heterocycles. The number of hydrogen-bond acceptors (Lipinski definition) is 2. The van der Waals surface area contributed by atoms with E-state index in [9.17, 15) is 5.11 Å². The highest BCUT2D eigenvalue weighted by molar-refractivity contribution is 5.86. The molecule has 0 heterocycles. The Kier molecular flexibility index (Phi) is 2.99. The molecular formula is C13H14O2. The number of benzene rings is 2. The molecule has 0 bridgehead atoms. The van der Waals surface area contributed by atoms with Gasteiger partial charge in [0.25, 0.3) is 0 Å². The fraction of sp³-hybridized carbons (Fsp3) is 0.231. The van der Waals surface area contributed by atoms with Crippen LogP contribution in [0.5, 0.6) is 0 Å². The van der Waals surface area contributed by atoms with Crippen LogP contribution < -0.4 is 0 Å². The van der Waals surface area contributed by atoms with Crippen LogP contribution in [0.3, 0.4) is 0 Å². The second kappa shape index (κ2) is 4.43. The van der Waals surface area contributed by atoms with Crippen molar-refractivity contribution in [2.45, 2.75) is 13.2 Å². The minimum Gasteiger partial charge on any atom is -0.392 e. The first-order chi connectivity index (χ1) is 7.35. The minimum absolute atomic E-state index is 0.0675. The third-order valence-corrected chi connectivity index (χ3v) is 2.49. The first kappa shape index (κ1) is 10.1. The second-order valence-corrected chi connectivity index (χ2v) is 3.57. The number of aliphatic hydroxyl groups excluding tert-OH is 1. The average Bonchev–Trinajstić information content (AvgIpc) is 2.28. The highest BCUT2D eigenvalue weighted by Crippen LogP contribution is 2.21. The van der Waals surface area contributed by atoms with Gasteiger partial charge in [0.15, 0.2) is 0 Å². The van der Waals surface area contributed by atoms with Crippen molar-refractivity contribution >= 4 is 10.8 Å². The Morgan fingerprint density at radius 1 is 1.20 bits per heavy atom. The molecule has 0 fully saturated rings. The normalized spacial score (nSPS) is 10.8. The van der Waals surface area contributed by atoms with E-state index < -0.39 is 0 Å². The Balaban J connectivity index is 2.60. The van der Waals surface area contributed by atoms with Gasteiger partial charge in [-0.2, -0.15) is 0 Å². The van der Waals surface area contributed by atoms with Gasteiger partial charge in [-0.3, -0.25) is 0 Å². The van der Waals surface area contributed by atoms with Gasteiger partial charge >= 0.3 is 0 Å². The number of aliphatic hydroxyl groups is 1. The van der Waals surface area contributed by atoms with Crippen LogP contribution in [0.15, 0.2) is 36.4 Å². The molecule has 2 heteroatoms. The summed E-state index contributed by atoms with van der Waals surface area (Å²) in [5, 5.41) is 11.5. The molecular weight excluding hydrogens is 188 g/mol. The molecule has 0 unspecified atom stereocenters. The Bertz CT molecular complexity index is 463. The number of hydrogen-bond donors (Lipinski definition) is 1. The minimum atomic E-state index is 0.0675. The zero-order valence-corrected chi connectivity index (χ0v) is 8.73. The Hall–Kier alpha value is -1.38. The molecule has 2 rings (SSSR count). The van der Waals surface area contributed by atoms with E-state index in [1.165, 1.54) is 0 Å². The van der Waals surface area contributed by atoms with Crippen molar-refractivity contribution in [2.75, 3.05) is 7.11 Å². The van der Waals surface area contributed by atoms with E-state index in [0.717, 1.165) is 21.9 Å². The molecule has 0 spiro atoms. The standard InChI is InChI=1S/C13H14O2/c1-15-9-10-6-11-4-2-3-5-13(11)12(7-10)8-14/h2-7,14H,8-9H2,1H3. The number of ether oxygens (including phenoxy) is 1. The molecule has 2 nitrogen and oxygen atoms in total. The predicted octanol–water partition coefficient (Wildman–Crippen LogP) is 2.48. The first-order valence-electron chi connectivity index (χ1n) is 4.95. The first-order valence-corrected chi connectivity index (χ1v) is 4.95. The Morgan fingerprint density at radius 3 is 2.73 bits per heavy atom. The highest BCUT2D eigenvalue weighted by atomic mass is 16.5. The summed E-state index contributed by atoms with van der Waals surface area (Å²) < 4.78 is 5.09. The van der Waals surface area contributed by atoms with Crippen LogP contribution in [-0.4, -0.2) is 12.2 Å². The van der Waals surface area contributed by atoms with E-state index in [0.29, 0.717) is 6.61 Å². The molecule has 2 aromatic rings. The van der Waals surface area contributed by atoms with Gasteiger partial charge in [-0.05, 0) is 28.0 Å². The summed E-state index contributed by atoms with van der Waals surface area (Å²) in [7, 11) is 1.67. The van der Waals surface area contributed by atoms with Gasteiger partial charge in [0.2, 0.25) is 0 Å². The largest absolute Gasteiger partial charge is 0.392 e. The van der Waals surface area contributed by atoms with Gasteiger partial charge in [-0.1, -0.05) is 30.3 Å². The maximum absolute atomic E-state index is 9.29. The van der Waals surface area contributed by atoms with Crippen LogP contribution in [0.25, 0.3) is 10.8 Å². The Morgan fingerprint density at radius 2 is 2.00 bits per heavy atom. The van der Waals surface area contributed by atoms with Crippen LogP contribution >= 0.6 is 0 Å². The Labute approximate surface area is 89.1 Å². The lowest BCUT2D eigenvalue weighted by Crippen LogP contribution is -1.92. The van der Waals surface area contributed by atoms with Gasteiger partial charge in [0.1, 0.15) is 0 Å². The quantitative estimate of drug-likeness (QED) is 0.828. The predicted molar refractivity (Wildman–Crippen MR) is 60.6 cm³/mol. The van der Waals surface area contributed by atoms with Crippen LogP contribution in [0.4, 0.5) is 0 Å². The lowest BCUT2D eigenvalue weighted by molar-refractivity contribution is 0.184. The van der Waals surface area contributed by atoms with Crippen LogP contribution in [0.1, 0.15) is 11.1 Å². The SMILES string of the molecule is COCc1cc(CO)c2ccccc2c1. The molecule has 0 aromatic heterocycles. The molecule has 0 atom stereocenters. The van der Waals surface area contributed by atoms with Crippen molar-refractivity contribution in [3.05, 3.63) is 47.5 Å². The van der Waals surface area contributed by atoms with Crippen LogP contribution in [0.2, 0.25) is 0 Å². The molecule has 1 N–H and O–H groups in total. The molecule has 0 radical (unpaired) electrons. The smallest absolute Gasteiger partial charge is 0.0713 e. The summed E-state index contributed by atoms with van der Waals surface area (Å²) in [6.07, 6.45) is 0. The van der Waals surface area contributed by atoms with E-state index in [2.05, 4.69) is 6.07 Å². The molecule has 78 valence electrons. The van der Waals surface area contributed by atoms with Gasteiger partial charge in [-0.25, -0.2) is 0 Å². The summed E-state index contributed by atoms with van der Waals surface area (Å²) >= 11 is 0. The molecule has 0 saturated heterocycles. The fourth-order valence-electron chi connectivity index (χ4n) is 1.84. The third-order valence-electron chi connectivity index (χ3n) is 2.49. The van der Waals surface area contributed by atoms with Gasteiger partial charge in [0.05, 0.1) is 13.2 Å². The van der Waals surface area contributed by atoms with Crippen molar-refractivity contribution in [3.8, 4) is 0 Å². The molecule has 2 aromatic carbocycles. The number of methoxy groups -OCH3 is 1. The van der Waals surface area contributed by atoms with E-state index in [1.54, 1.807) is 7.11 Å². The zero-order valence-electron chi connectivity index (χ0n) is 8.73. The summed E-state index contributed by atoms with van der Waals surface area (Å²) in [5.41, 5.74) is 2.06. The molecule has 0 saturated carbocycles. The maximum Gasteiger partial charge on any atom is 0.0713 e. The lowest BCUT2D eigenvalue weighted by Gasteiger charge is -2.07. The number of fused-ring (bicyclic) bond motifs is 1. The van der Waals surface area contributed by atoms with E-state index in [1.807, 2.05) is 30.3 Å². The second-order valence-electron chi connectivity index (χ2n) is 3.57. The van der Waals surface area contributed by atoms with Gasteiger partial charge in [0, 0.05) is 7.11 Å².